The highest BCUT2D eigenvalue weighted by atomic mass is 16.5. The number of aryl methyl sites for hydroxylation is 3. The molecule has 0 saturated heterocycles. The van der Waals surface area contributed by atoms with Crippen molar-refractivity contribution in [1.29, 1.82) is 0 Å². The molecule has 16 rings (SSSR count). The molecule has 0 N–H and O–H groups in total. The number of hydrogen-bond donors (Lipinski definition) is 0. The molecule has 336 valence electrons. The van der Waals surface area contributed by atoms with Crippen LogP contribution in [0.2, 0.25) is 0 Å². The van der Waals surface area contributed by atoms with E-state index < -0.39 is 0 Å². The minimum Gasteiger partial charge on any atom is -0.458 e. The molecule has 6 aliphatic heterocycles. The van der Waals surface area contributed by atoms with Gasteiger partial charge in [0.2, 0.25) is 0 Å². The van der Waals surface area contributed by atoms with Crippen molar-refractivity contribution in [3.8, 4) is 34.5 Å². The van der Waals surface area contributed by atoms with Crippen LogP contribution in [0, 0.1) is 20.8 Å². The van der Waals surface area contributed by atoms with Crippen LogP contribution in [0.5, 0.6) is 34.5 Å². The van der Waals surface area contributed by atoms with E-state index in [1.54, 1.807) is 0 Å². The Labute approximate surface area is 419 Å². The van der Waals surface area contributed by atoms with Crippen molar-refractivity contribution in [3.05, 3.63) is 217 Å². The van der Waals surface area contributed by atoms with Gasteiger partial charge in [-0.25, -0.2) is 0 Å². The minimum atomic E-state index is -0.193. The summed E-state index contributed by atoms with van der Waals surface area (Å²) < 4.78 is 21.3. The lowest BCUT2D eigenvalue weighted by atomic mass is 9.29. The second-order valence-electron chi connectivity index (χ2n) is 20.2. The molecule has 6 heterocycles. The average Bonchev–Trinajstić information content (AvgIpc) is 3.40. The van der Waals surface area contributed by atoms with Gasteiger partial charge in [-0.05, 0) is 166 Å². The van der Waals surface area contributed by atoms with E-state index in [0.717, 1.165) is 102 Å². The van der Waals surface area contributed by atoms with E-state index in [2.05, 4.69) is 236 Å². The van der Waals surface area contributed by atoms with Crippen molar-refractivity contribution in [2.45, 2.75) is 20.8 Å². The van der Waals surface area contributed by atoms with E-state index in [1.807, 2.05) is 0 Å². The second-order valence-corrected chi connectivity index (χ2v) is 20.2. The fourth-order valence-corrected chi connectivity index (χ4v) is 13.1. The molecule has 0 atom stereocenters. The van der Waals surface area contributed by atoms with Gasteiger partial charge >= 0.3 is 0 Å². The maximum atomic E-state index is 7.25. The molecule has 9 heteroatoms. The molecule has 0 saturated carbocycles. The highest BCUT2D eigenvalue weighted by molar-refractivity contribution is 7.03. The number of nitrogens with zero attached hydrogens (tertiary/aromatic N) is 3. The molecule has 0 radical (unpaired) electrons. The lowest BCUT2D eigenvalue weighted by Gasteiger charge is -2.45. The summed E-state index contributed by atoms with van der Waals surface area (Å²) >= 11 is 0. The summed E-state index contributed by atoms with van der Waals surface area (Å²) in [5.41, 5.74) is 24.3. The predicted molar refractivity (Wildman–Crippen MR) is 298 cm³/mol. The first kappa shape index (κ1) is 40.0. The van der Waals surface area contributed by atoms with Crippen molar-refractivity contribution >= 4 is 120 Å². The van der Waals surface area contributed by atoms with Crippen LogP contribution in [-0.2, 0) is 0 Å². The summed E-state index contributed by atoms with van der Waals surface area (Å²) in [6.45, 7) is 6.18. The summed E-state index contributed by atoms with van der Waals surface area (Å²) in [5, 5.41) is 0. The van der Waals surface area contributed by atoms with Gasteiger partial charge in [0.15, 0.2) is 0 Å². The van der Waals surface area contributed by atoms with Gasteiger partial charge in [-0.15, -0.1) is 0 Å². The summed E-state index contributed by atoms with van der Waals surface area (Å²) in [4.78, 5) is 7.35. The Morgan fingerprint density at radius 2 is 0.653 bits per heavy atom. The SMILES string of the molecule is Cc1cc2c3c(c1)Oc1cc4c(cc1B3c1cc3c(cc1O2)N(c1ccccc1)c1cc(C)cc2c1B3c1ccccc1O2)B1c2ccccc2N(c2ccccc2)c2cc(C)cc(c21)N4c1ccccc1. The fraction of sp³-hybridized carbons (Fsp3) is 0.0476. The molecule has 0 aromatic heterocycles. The van der Waals surface area contributed by atoms with E-state index in [4.69, 9.17) is 14.2 Å². The van der Waals surface area contributed by atoms with Crippen LogP contribution in [0.1, 0.15) is 16.7 Å². The number of rotatable bonds is 3. The Kier molecular flexibility index (Phi) is 8.12. The first-order chi connectivity index (χ1) is 35.4. The summed E-state index contributed by atoms with van der Waals surface area (Å²) in [6.07, 6.45) is 0. The molecule has 0 aliphatic carbocycles. The zero-order chi connectivity index (χ0) is 47.5. The van der Waals surface area contributed by atoms with Crippen LogP contribution in [0.4, 0.5) is 51.2 Å². The number of ether oxygens (including phenoxy) is 3. The van der Waals surface area contributed by atoms with Crippen molar-refractivity contribution in [1.82, 2.24) is 0 Å². The third kappa shape index (κ3) is 5.48. The van der Waals surface area contributed by atoms with Crippen molar-refractivity contribution in [3.63, 3.8) is 0 Å². The standard InChI is InChI=1S/C63H42B3N3O3/c1-37-27-52-61-53(28-37)68(41-19-9-5-10-20-41)50-35-56-47(33-45(50)64(61)43-23-13-15-25-49(43)67(52)40-17-7-4-8-18-40)66-48-34-46-51(36-57(48)72-60-32-39(3)31-59(71-56)63(60)66)69(42-21-11-6-12-22-42)54-29-38(2)30-58-62(54)65(46)44-24-14-16-26-55(44)70-58/h4-36H,1-3H3. The normalized spacial score (nSPS) is 14.2. The number of para-hydroxylation sites is 5. The third-order valence-electron chi connectivity index (χ3n) is 15.8. The highest BCUT2D eigenvalue weighted by Gasteiger charge is 2.49. The summed E-state index contributed by atoms with van der Waals surface area (Å²) in [7, 11) is 0. The average molecular weight is 921 g/mol. The Balaban J connectivity index is 0.973. The molecule has 0 unspecified atom stereocenters. The molecule has 10 aromatic carbocycles. The Hall–Kier alpha value is -8.81. The number of hydrogen-bond acceptors (Lipinski definition) is 6. The molecule has 0 amide bonds. The second kappa shape index (κ2) is 14.6. The van der Waals surface area contributed by atoms with Gasteiger partial charge in [-0.3, -0.25) is 0 Å². The molecule has 72 heavy (non-hydrogen) atoms. The van der Waals surface area contributed by atoms with Crippen LogP contribution in [0.15, 0.2) is 200 Å². The number of anilines is 9. The first-order valence-electron chi connectivity index (χ1n) is 25.0. The van der Waals surface area contributed by atoms with Gasteiger partial charge in [-0.2, -0.15) is 0 Å². The lowest BCUT2D eigenvalue weighted by molar-refractivity contribution is 0.464. The van der Waals surface area contributed by atoms with E-state index >= 15 is 0 Å². The van der Waals surface area contributed by atoms with Crippen molar-refractivity contribution in [2.75, 3.05) is 14.7 Å². The minimum absolute atomic E-state index is 0.0645. The smallest absolute Gasteiger partial charge is 0.260 e. The maximum Gasteiger partial charge on any atom is 0.260 e. The van der Waals surface area contributed by atoms with E-state index in [1.165, 1.54) is 49.9 Å². The monoisotopic (exact) mass is 921 g/mol. The first-order valence-corrected chi connectivity index (χ1v) is 25.0. The zero-order valence-corrected chi connectivity index (χ0v) is 39.9. The Morgan fingerprint density at radius 1 is 0.264 bits per heavy atom. The van der Waals surface area contributed by atoms with Crippen LogP contribution < -0.4 is 78.1 Å². The van der Waals surface area contributed by atoms with Crippen LogP contribution in [-0.4, -0.2) is 20.1 Å². The fourth-order valence-electron chi connectivity index (χ4n) is 13.1. The van der Waals surface area contributed by atoms with Crippen molar-refractivity contribution in [2.24, 2.45) is 0 Å². The number of benzene rings is 10. The highest BCUT2D eigenvalue weighted by Crippen LogP contribution is 2.48. The molecule has 0 bridgehead atoms. The third-order valence-corrected chi connectivity index (χ3v) is 15.8. The molecular formula is C63H42B3N3O3. The van der Waals surface area contributed by atoms with E-state index in [9.17, 15) is 0 Å². The largest absolute Gasteiger partial charge is 0.458 e. The zero-order valence-electron chi connectivity index (χ0n) is 39.9. The van der Waals surface area contributed by atoms with Crippen molar-refractivity contribution < 1.29 is 14.2 Å². The quantitative estimate of drug-likeness (QED) is 0.165. The molecule has 6 aliphatic rings. The van der Waals surface area contributed by atoms with Gasteiger partial charge in [0.25, 0.3) is 20.1 Å². The van der Waals surface area contributed by atoms with Crippen LogP contribution in [0.25, 0.3) is 0 Å². The summed E-state index contributed by atoms with van der Waals surface area (Å²) in [5.74, 6) is 5.16. The Bertz CT molecular complexity index is 3980. The maximum absolute atomic E-state index is 7.25. The van der Waals surface area contributed by atoms with Crippen LogP contribution >= 0.6 is 0 Å². The molecular weight excluding hydrogens is 879 g/mol. The van der Waals surface area contributed by atoms with E-state index in [-0.39, 0.29) is 20.1 Å². The molecule has 0 spiro atoms. The predicted octanol–water partition coefficient (Wildman–Crippen LogP) is 9.83. The molecule has 0 fully saturated rings. The van der Waals surface area contributed by atoms with Crippen LogP contribution in [0.3, 0.4) is 0 Å². The van der Waals surface area contributed by atoms with Gasteiger partial charge in [0.1, 0.15) is 34.5 Å². The topological polar surface area (TPSA) is 37.4 Å². The molecule has 10 aromatic rings. The van der Waals surface area contributed by atoms with Gasteiger partial charge < -0.3 is 28.9 Å². The van der Waals surface area contributed by atoms with E-state index in [0.29, 0.717) is 0 Å². The number of fused-ring (bicyclic) bond motifs is 12. The Morgan fingerprint density at radius 3 is 1.21 bits per heavy atom. The summed E-state index contributed by atoms with van der Waals surface area (Å²) in [6, 6.07) is 73.2. The van der Waals surface area contributed by atoms with Gasteiger partial charge in [-0.1, -0.05) is 103 Å². The lowest BCUT2D eigenvalue weighted by Crippen LogP contribution is -2.65. The van der Waals surface area contributed by atoms with Gasteiger partial charge in [0, 0.05) is 68.8 Å². The van der Waals surface area contributed by atoms with Gasteiger partial charge in [0.05, 0.1) is 0 Å². The molecule has 6 nitrogen and oxygen atoms in total.